The van der Waals surface area contributed by atoms with E-state index in [1.165, 1.54) is 0 Å². The molecule has 0 bridgehead atoms. The highest BCUT2D eigenvalue weighted by Gasteiger charge is 2.01. The fraction of sp³-hybridized carbons (Fsp3) is 0. The Bertz CT molecular complexity index is 520. The molecule has 0 atom stereocenters. The Morgan fingerprint density at radius 1 is 0.556 bits per heavy atom. The summed E-state index contributed by atoms with van der Waals surface area (Å²) in [5.74, 6) is 0. The maximum atomic E-state index is 5.90. The molecule has 18 heavy (non-hydrogen) atoms. The minimum absolute atomic E-state index is 0.484. The van der Waals surface area contributed by atoms with Gasteiger partial charge in [0.2, 0.25) is 0 Å². The smallest absolute Gasteiger partial charge is 0.0613 e. The Hall–Kier alpha value is -0.800. The molecule has 94 valence electrons. The first-order chi connectivity index (χ1) is 8.56. The SMILES string of the molecule is Clc1ccc(NNc2ccc(Cl)c(Cl)c2)cc1Cl. The van der Waals surface area contributed by atoms with Crippen LogP contribution < -0.4 is 10.9 Å². The van der Waals surface area contributed by atoms with Gasteiger partial charge in [0, 0.05) is 0 Å². The molecule has 2 aromatic rings. The summed E-state index contributed by atoms with van der Waals surface area (Å²) >= 11 is 23.5. The highest BCUT2D eigenvalue weighted by molar-refractivity contribution is 6.42. The van der Waals surface area contributed by atoms with Crippen molar-refractivity contribution < 1.29 is 0 Å². The van der Waals surface area contributed by atoms with Crippen molar-refractivity contribution in [1.29, 1.82) is 0 Å². The molecule has 6 heteroatoms. The predicted molar refractivity (Wildman–Crippen MR) is 80.2 cm³/mol. The van der Waals surface area contributed by atoms with E-state index in [0.29, 0.717) is 20.1 Å². The van der Waals surface area contributed by atoms with E-state index < -0.39 is 0 Å². The molecule has 0 unspecified atom stereocenters. The number of nitrogens with one attached hydrogen (secondary N) is 2. The zero-order chi connectivity index (χ0) is 13.1. The fourth-order valence-corrected chi connectivity index (χ4v) is 1.89. The lowest BCUT2D eigenvalue weighted by atomic mass is 10.3. The highest BCUT2D eigenvalue weighted by atomic mass is 35.5. The van der Waals surface area contributed by atoms with Crippen molar-refractivity contribution in [1.82, 2.24) is 0 Å². The van der Waals surface area contributed by atoms with Gasteiger partial charge in [-0.1, -0.05) is 46.4 Å². The van der Waals surface area contributed by atoms with Crippen LogP contribution >= 0.6 is 46.4 Å². The lowest BCUT2D eigenvalue weighted by Gasteiger charge is -2.11. The van der Waals surface area contributed by atoms with Gasteiger partial charge in [0.1, 0.15) is 0 Å². The van der Waals surface area contributed by atoms with Gasteiger partial charge in [-0.15, -0.1) is 0 Å². The molecule has 2 rings (SSSR count). The van der Waals surface area contributed by atoms with E-state index in [9.17, 15) is 0 Å². The number of anilines is 2. The van der Waals surface area contributed by atoms with Crippen molar-refractivity contribution in [3.05, 3.63) is 56.5 Å². The molecular formula is C12H8Cl4N2. The normalized spacial score (nSPS) is 10.2. The molecular weight excluding hydrogens is 314 g/mol. The van der Waals surface area contributed by atoms with Crippen molar-refractivity contribution in [3.63, 3.8) is 0 Å². The Balaban J connectivity index is 2.06. The standard InChI is InChI=1S/C12H8Cl4N2/c13-9-3-1-7(5-11(9)15)17-18-8-2-4-10(14)12(16)6-8/h1-6,17-18H. The summed E-state index contributed by atoms with van der Waals surface area (Å²) < 4.78 is 0. The molecule has 0 fully saturated rings. The third kappa shape index (κ3) is 3.36. The average molecular weight is 322 g/mol. The Morgan fingerprint density at radius 2 is 0.944 bits per heavy atom. The molecule has 2 N–H and O–H groups in total. The molecule has 0 spiro atoms. The summed E-state index contributed by atoms with van der Waals surface area (Å²) in [6.45, 7) is 0. The second-order valence-electron chi connectivity index (χ2n) is 3.51. The Labute approximate surface area is 125 Å². The molecule has 0 aliphatic heterocycles. The van der Waals surface area contributed by atoms with E-state index >= 15 is 0 Å². The largest absolute Gasteiger partial charge is 0.301 e. The average Bonchev–Trinajstić information content (AvgIpc) is 2.35. The minimum atomic E-state index is 0.484. The second-order valence-corrected chi connectivity index (χ2v) is 5.14. The van der Waals surface area contributed by atoms with Gasteiger partial charge in [0.15, 0.2) is 0 Å². The van der Waals surface area contributed by atoms with Crippen LogP contribution in [0.3, 0.4) is 0 Å². The van der Waals surface area contributed by atoms with Crippen LogP contribution in [0.5, 0.6) is 0 Å². The quantitative estimate of drug-likeness (QED) is 0.704. The van der Waals surface area contributed by atoms with Crippen LogP contribution in [0, 0.1) is 0 Å². The van der Waals surface area contributed by atoms with Crippen molar-refractivity contribution in [3.8, 4) is 0 Å². The van der Waals surface area contributed by atoms with Gasteiger partial charge in [0.05, 0.1) is 31.5 Å². The topological polar surface area (TPSA) is 24.1 Å². The van der Waals surface area contributed by atoms with Gasteiger partial charge < -0.3 is 10.9 Å². The third-order valence-corrected chi connectivity index (χ3v) is 3.67. The molecule has 0 saturated heterocycles. The third-order valence-electron chi connectivity index (χ3n) is 2.19. The van der Waals surface area contributed by atoms with Crippen LogP contribution in [-0.4, -0.2) is 0 Å². The number of halogens is 4. The van der Waals surface area contributed by atoms with E-state index in [1.807, 2.05) is 0 Å². The number of hydrogen-bond acceptors (Lipinski definition) is 2. The molecule has 0 radical (unpaired) electrons. The van der Waals surface area contributed by atoms with E-state index in [-0.39, 0.29) is 0 Å². The van der Waals surface area contributed by atoms with Crippen LogP contribution in [0.25, 0.3) is 0 Å². The van der Waals surface area contributed by atoms with Crippen molar-refractivity contribution in [2.24, 2.45) is 0 Å². The first kappa shape index (κ1) is 13.6. The van der Waals surface area contributed by atoms with Crippen molar-refractivity contribution in [2.75, 3.05) is 10.9 Å². The minimum Gasteiger partial charge on any atom is -0.301 e. The van der Waals surface area contributed by atoms with Crippen LogP contribution in [-0.2, 0) is 0 Å². The van der Waals surface area contributed by atoms with E-state index in [2.05, 4.69) is 10.9 Å². The lowest BCUT2D eigenvalue weighted by molar-refractivity contribution is 1.41. The van der Waals surface area contributed by atoms with E-state index in [0.717, 1.165) is 11.4 Å². The van der Waals surface area contributed by atoms with E-state index in [4.69, 9.17) is 46.4 Å². The summed E-state index contributed by atoms with van der Waals surface area (Å²) in [5.41, 5.74) is 7.54. The van der Waals surface area contributed by atoms with Gasteiger partial charge in [-0.25, -0.2) is 0 Å². The maximum absolute atomic E-state index is 5.90. The maximum Gasteiger partial charge on any atom is 0.0613 e. The summed E-state index contributed by atoms with van der Waals surface area (Å²) in [5, 5.41) is 1.99. The zero-order valence-electron chi connectivity index (χ0n) is 8.98. The highest BCUT2D eigenvalue weighted by Crippen LogP contribution is 2.27. The molecule has 0 amide bonds. The Kier molecular flexibility index (Phi) is 4.46. The Morgan fingerprint density at radius 3 is 1.28 bits per heavy atom. The summed E-state index contributed by atoms with van der Waals surface area (Å²) in [6.07, 6.45) is 0. The van der Waals surface area contributed by atoms with Gasteiger partial charge in [-0.3, -0.25) is 0 Å². The van der Waals surface area contributed by atoms with Gasteiger partial charge in [-0.2, -0.15) is 0 Å². The summed E-state index contributed by atoms with van der Waals surface area (Å²) in [6, 6.07) is 10.5. The lowest BCUT2D eigenvalue weighted by Crippen LogP contribution is -2.08. The number of hydrogen-bond donors (Lipinski definition) is 2. The molecule has 0 aliphatic rings. The molecule has 0 heterocycles. The van der Waals surface area contributed by atoms with Gasteiger partial charge >= 0.3 is 0 Å². The first-order valence-corrected chi connectivity index (χ1v) is 6.49. The van der Waals surface area contributed by atoms with Crippen LogP contribution in [0.1, 0.15) is 0 Å². The van der Waals surface area contributed by atoms with Gasteiger partial charge in [-0.05, 0) is 36.4 Å². The van der Waals surface area contributed by atoms with Crippen molar-refractivity contribution >= 4 is 57.8 Å². The van der Waals surface area contributed by atoms with Crippen LogP contribution in [0.2, 0.25) is 20.1 Å². The summed E-state index contributed by atoms with van der Waals surface area (Å²) in [7, 11) is 0. The summed E-state index contributed by atoms with van der Waals surface area (Å²) in [4.78, 5) is 0. The fourth-order valence-electron chi connectivity index (χ4n) is 1.29. The van der Waals surface area contributed by atoms with Crippen molar-refractivity contribution in [2.45, 2.75) is 0 Å². The molecule has 0 saturated carbocycles. The number of rotatable bonds is 3. The molecule has 2 aromatic carbocycles. The monoisotopic (exact) mass is 320 g/mol. The van der Waals surface area contributed by atoms with Crippen LogP contribution in [0.4, 0.5) is 11.4 Å². The van der Waals surface area contributed by atoms with Crippen LogP contribution in [0.15, 0.2) is 36.4 Å². The first-order valence-electron chi connectivity index (χ1n) is 4.98. The molecule has 0 aromatic heterocycles. The zero-order valence-corrected chi connectivity index (χ0v) is 12.0. The van der Waals surface area contributed by atoms with E-state index in [1.54, 1.807) is 36.4 Å². The van der Waals surface area contributed by atoms with Gasteiger partial charge in [0.25, 0.3) is 0 Å². The predicted octanol–water partition coefficient (Wildman–Crippen LogP) is 5.74. The second kappa shape index (κ2) is 5.89. The number of hydrazine groups is 1. The molecule has 0 aliphatic carbocycles. The number of benzene rings is 2. The molecule has 2 nitrogen and oxygen atoms in total.